The van der Waals surface area contributed by atoms with Crippen molar-refractivity contribution in [2.45, 2.75) is 134 Å². The summed E-state index contributed by atoms with van der Waals surface area (Å²) in [4.78, 5) is 129. The van der Waals surface area contributed by atoms with Crippen molar-refractivity contribution in [3.63, 3.8) is 0 Å². The first-order valence-electron chi connectivity index (χ1n) is 26.7. The first-order valence-corrected chi connectivity index (χ1v) is 29.1. The molecular formula is C57H65F2N6O12PS. The highest BCUT2D eigenvalue weighted by Crippen LogP contribution is 2.59. The number of hydrogen-bond donors (Lipinski definition) is 5. The molecule has 4 aromatic rings. The lowest BCUT2D eigenvalue weighted by Gasteiger charge is -2.38. The van der Waals surface area contributed by atoms with Gasteiger partial charge in [0, 0.05) is 67.2 Å². The van der Waals surface area contributed by atoms with Crippen LogP contribution in [0.3, 0.4) is 0 Å². The smallest absolute Gasteiger partial charge is 0.366 e. The van der Waals surface area contributed by atoms with E-state index in [0.29, 0.717) is 36.3 Å². The molecule has 0 aliphatic carbocycles. The van der Waals surface area contributed by atoms with E-state index in [1.165, 1.54) is 23.1 Å². The molecule has 0 radical (unpaired) electrons. The van der Waals surface area contributed by atoms with Gasteiger partial charge in [0.25, 0.3) is 17.7 Å². The fourth-order valence-electron chi connectivity index (χ4n) is 10.5. The molecule has 79 heavy (non-hydrogen) atoms. The number of benzene rings is 3. The summed E-state index contributed by atoms with van der Waals surface area (Å²) in [5, 5.41) is 8.07. The molecule has 8 amide bonds. The van der Waals surface area contributed by atoms with E-state index in [4.69, 9.17) is 4.74 Å². The van der Waals surface area contributed by atoms with Gasteiger partial charge < -0.3 is 35.0 Å². The summed E-state index contributed by atoms with van der Waals surface area (Å²) < 4.78 is 47.3. The minimum Gasteiger partial charge on any atom is -0.366 e. The topological polar surface area (TPSA) is 249 Å². The van der Waals surface area contributed by atoms with Gasteiger partial charge >= 0.3 is 13.3 Å². The summed E-state index contributed by atoms with van der Waals surface area (Å²) in [6.07, 6.45) is 7.13. The number of thiophene rings is 1. The molecule has 0 bridgehead atoms. The number of unbranched alkanes of at least 4 members (excludes halogenated alkanes) is 6. The molecule has 5 heterocycles. The van der Waals surface area contributed by atoms with E-state index in [1.54, 1.807) is 37.8 Å². The maximum absolute atomic E-state index is 14.8. The third-order valence-corrected chi connectivity index (χ3v) is 17.0. The van der Waals surface area contributed by atoms with Crippen LogP contribution >= 0.6 is 18.9 Å². The molecule has 5 atom stereocenters. The zero-order chi connectivity index (χ0) is 56.8. The Labute approximate surface area is 460 Å². The number of alkyl halides is 2. The highest BCUT2D eigenvalue weighted by atomic mass is 32.1. The monoisotopic (exact) mass is 1130 g/mol. The Kier molecular flexibility index (Phi) is 18.3. The summed E-state index contributed by atoms with van der Waals surface area (Å²) in [7, 11) is -5.85. The van der Waals surface area contributed by atoms with Gasteiger partial charge in [-0.15, -0.1) is 11.3 Å². The minimum atomic E-state index is -5.85. The lowest BCUT2D eigenvalue weighted by atomic mass is 9.85. The predicted molar refractivity (Wildman–Crippen MR) is 289 cm³/mol. The number of imide groups is 2. The SMILES string of the molecule is CC(C)(C)[C@H](NC(=O)c1cc2cc(C(F)(F)P(=O)(O)O)ccc2s1)C(=O)N1C[C@@H](OCC(=O)NCCCCCCCCC#Cc2ccc3c(c2)C(=O)N(C2CCC(=O)NC2=O)C3=O)C[C@H]1C(=O)N1CCC[C@H](c2ccccc2)C1. The largest absolute Gasteiger partial charge is 0.399 e. The first kappa shape index (κ1) is 58.5. The maximum Gasteiger partial charge on any atom is 0.399 e. The average molecular weight is 1130 g/mol. The van der Waals surface area contributed by atoms with Crippen molar-refractivity contribution in [3.05, 3.63) is 105 Å². The van der Waals surface area contributed by atoms with E-state index in [2.05, 4.69) is 27.8 Å². The van der Waals surface area contributed by atoms with E-state index in [-0.39, 0.29) is 71.5 Å². The molecule has 3 saturated heterocycles. The molecule has 5 N–H and O–H groups in total. The summed E-state index contributed by atoms with van der Waals surface area (Å²) in [6.45, 7) is 6.30. The second kappa shape index (κ2) is 24.8. The van der Waals surface area contributed by atoms with Crippen molar-refractivity contribution in [3.8, 4) is 11.8 Å². The molecule has 4 aliphatic rings. The van der Waals surface area contributed by atoms with Crippen LogP contribution in [0.4, 0.5) is 8.78 Å². The van der Waals surface area contributed by atoms with Gasteiger partial charge in [-0.25, -0.2) is 0 Å². The van der Waals surface area contributed by atoms with Gasteiger partial charge in [-0.3, -0.25) is 53.1 Å². The summed E-state index contributed by atoms with van der Waals surface area (Å²) in [6, 6.07) is 15.9. The van der Waals surface area contributed by atoms with Crippen LogP contribution in [0.25, 0.3) is 10.1 Å². The third-order valence-electron chi connectivity index (χ3n) is 14.8. The minimum absolute atomic E-state index is 0.0316. The Balaban J connectivity index is 0.811. The quantitative estimate of drug-likeness (QED) is 0.0277. The normalized spacial score (nSPS) is 20.2. The number of ether oxygens (including phenoxy) is 1. The molecule has 0 saturated carbocycles. The number of rotatable bonds is 19. The van der Waals surface area contributed by atoms with E-state index in [0.717, 1.165) is 85.3 Å². The Morgan fingerprint density at radius 2 is 1.61 bits per heavy atom. The molecule has 3 aromatic carbocycles. The number of fused-ring (bicyclic) bond motifs is 2. The number of hydrogen-bond acceptors (Lipinski definition) is 11. The Morgan fingerprint density at radius 3 is 2.33 bits per heavy atom. The number of likely N-dealkylation sites (tertiary alicyclic amines) is 2. The van der Waals surface area contributed by atoms with Crippen LogP contribution in [0.2, 0.25) is 0 Å². The molecule has 1 unspecified atom stereocenters. The highest BCUT2D eigenvalue weighted by Gasteiger charge is 2.51. The van der Waals surface area contributed by atoms with Gasteiger partial charge in [-0.1, -0.05) is 94.7 Å². The number of carbonyl (C=O) groups excluding carboxylic acids is 8. The molecule has 3 fully saturated rings. The molecule has 4 aliphatic heterocycles. The van der Waals surface area contributed by atoms with Crippen LogP contribution in [0.1, 0.15) is 151 Å². The van der Waals surface area contributed by atoms with Crippen LogP contribution in [0.15, 0.2) is 72.8 Å². The zero-order valence-corrected chi connectivity index (χ0v) is 46.0. The van der Waals surface area contributed by atoms with Crippen LogP contribution in [0.5, 0.6) is 0 Å². The number of carbonyl (C=O) groups is 8. The lowest BCUT2D eigenvalue weighted by molar-refractivity contribution is -0.147. The van der Waals surface area contributed by atoms with Crippen molar-refractivity contribution < 1.29 is 66.2 Å². The lowest BCUT2D eigenvalue weighted by Crippen LogP contribution is -2.58. The van der Waals surface area contributed by atoms with Crippen molar-refractivity contribution >= 4 is 76.3 Å². The van der Waals surface area contributed by atoms with E-state index in [1.807, 2.05) is 30.3 Å². The fourth-order valence-corrected chi connectivity index (χ4v) is 12.0. The summed E-state index contributed by atoms with van der Waals surface area (Å²) in [5.74, 6) is 2.18. The molecule has 8 rings (SSSR count). The zero-order valence-electron chi connectivity index (χ0n) is 44.3. The molecular weight excluding hydrogens is 1060 g/mol. The number of nitrogens with one attached hydrogen (secondary N) is 3. The van der Waals surface area contributed by atoms with E-state index >= 15 is 0 Å². The fraction of sp³-hybridized carbons (Fsp3) is 0.474. The molecule has 0 spiro atoms. The van der Waals surface area contributed by atoms with Crippen LogP contribution in [0, 0.1) is 17.3 Å². The standard InChI is InChI=1S/C57H65F2N6O12PS/c1-56(2,3)49(62-51(69)46-30-38-29-39(21-24-45(38)79-46)57(58,59)78(74,75)76)55(73)64-33-40(31-44(64)54(72)63-27-15-19-37(32-63)36-17-12-10-13-18-36)77-34-48(67)60-26-14-9-7-5-4-6-8-11-16-35-20-22-41-42(28-35)53(71)65(52(41)70)43-23-25-47(66)61-50(43)68/h10,12-13,17-18,20-22,24,28-30,37,40,43-44,49H,4-9,14-15,19,23,25-27,31-34H2,1-3H3,(H,60,67)(H,62,69)(H,61,66,68)(H2,74,75,76)/t37-,40-,43?,44-,49+/m0/s1. The van der Waals surface area contributed by atoms with Crippen LogP contribution in [-0.4, -0.2) is 129 Å². The molecule has 420 valence electrons. The van der Waals surface area contributed by atoms with Gasteiger partial charge in [-0.2, -0.15) is 8.78 Å². The van der Waals surface area contributed by atoms with Crippen LogP contribution < -0.4 is 16.0 Å². The second-order valence-electron chi connectivity index (χ2n) is 21.7. The Bertz CT molecular complexity index is 3130. The van der Waals surface area contributed by atoms with Crippen LogP contribution in [-0.2, 0) is 38.9 Å². The van der Waals surface area contributed by atoms with Gasteiger partial charge in [-0.05, 0) is 84.9 Å². The van der Waals surface area contributed by atoms with Crippen molar-refractivity contribution in [1.82, 2.24) is 30.7 Å². The van der Waals surface area contributed by atoms with Gasteiger partial charge in [0.2, 0.25) is 29.5 Å². The van der Waals surface area contributed by atoms with Gasteiger partial charge in [0.05, 0.1) is 22.1 Å². The third kappa shape index (κ3) is 13.7. The van der Waals surface area contributed by atoms with Gasteiger partial charge in [0.15, 0.2) is 0 Å². The summed E-state index contributed by atoms with van der Waals surface area (Å²) >= 11 is 0.954. The Morgan fingerprint density at radius 1 is 0.886 bits per heavy atom. The van der Waals surface area contributed by atoms with Crippen molar-refractivity contribution in [2.75, 3.05) is 32.8 Å². The number of nitrogens with zero attached hydrogens (tertiary/aromatic N) is 3. The molecule has 1 aromatic heterocycles. The maximum atomic E-state index is 14.8. The van der Waals surface area contributed by atoms with Crippen molar-refractivity contribution in [2.24, 2.45) is 5.41 Å². The average Bonchev–Trinajstić information content (AvgIpc) is 4.17. The summed E-state index contributed by atoms with van der Waals surface area (Å²) in [5.41, 5.74) is -4.20. The van der Waals surface area contributed by atoms with E-state index < -0.39 is 83.9 Å². The molecule has 22 heteroatoms. The number of halogens is 2. The van der Waals surface area contributed by atoms with Crippen molar-refractivity contribution in [1.29, 1.82) is 0 Å². The van der Waals surface area contributed by atoms with E-state index in [9.17, 15) is 61.5 Å². The first-order chi connectivity index (χ1) is 37.5. The predicted octanol–water partition coefficient (Wildman–Crippen LogP) is 6.96. The highest BCUT2D eigenvalue weighted by molar-refractivity contribution is 7.52. The second-order valence-corrected chi connectivity index (χ2v) is 24.4. The Hall–Kier alpha value is -6.69. The number of amides is 8. The van der Waals surface area contributed by atoms with Gasteiger partial charge in [0.1, 0.15) is 24.7 Å². The number of piperidine rings is 2. The molecule has 18 nitrogen and oxygen atoms in total.